The van der Waals surface area contributed by atoms with E-state index in [9.17, 15) is 18.7 Å². The molecule has 1 fully saturated rings. The molecule has 1 rings (SSSR count). The van der Waals surface area contributed by atoms with E-state index in [0.717, 1.165) is 0 Å². The molecular formula is C7H10F2N4O2. The average molecular weight is 220 g/mol. The van der Waals surface area contributed by atoms with E-state index in [1.165, 1.54) is 0 Å². The monoisotopic (exact) mass is 220 g/mol. The van der Waals surface area contributed by atoms with Crippen molar-refractivity contribution in [2.45, 2.75) is 37.3 Å². The second kappa shape index (κ2) is 4.31. The van der Waals surface area contributed by atoms with Gasteiger partial charge < -0.3 is 15.2 Å². The lowest BCUT2D eigenvalue weighted by Gasteiger charge is -2.34. The number of hydrogen-bond donors (Lipinski definition) is 2. The fraction of sp³-hybridized carbons (Fsp3) is 0.857. The van der Waals surface area contributed by atoms with Crippen molar-refractivity contribution >= 4 is 6.09 Å². The van der Waals surface area contributed by atoms with Gasteiger partial charge >= 0.3 is 0 Å². The first-order valence-electron chi connectivity index (χ1n) is 4.39. The number of rotatable bonds is 2. The molecule has 1 amide bonds. The number of carbonyl (C=O) groups excluding carboxylic acids is 1. The second-order valence-corrected chi connectivity index (χ2v) is 3.35. The number of hydrogen-bond acceptors (Lipinski definition) is 4. The van der Waals surface area contributed by atoms with Gasteiger partial charge in [0.25, 0.3) is 5.92 Å². The molecule has 2 N–H and O–H groups in total. The van der Waals surface area contributed by atoms with E-state index in [0.29, 0.717) is 0 Å². The third kappa shape index (κ3) is 2.69. The standard InChI is InChI=1S/C7H10F2N4O2/c8-7(9)3-1-2-4(12-13-10)5(7)11-6(14)15/h4-5,10-11H,1-3H2/t4-,5+/m0/s1. The highest BCUT2D eigenvalue weighted by Gasteiger charge is 2.49. The molecule has 0 aromatic rings. The normalized spacial score (nSPS) is 28.9. The van der Waals surface area contributed by atoms with Crippen LogP contribution in [0.4, 0.5) is 13.6 Å². The zero-order chi connectivity index (χ0) is 11.5. The van der Waals surface area contributed by atoms with Gasteiger partial charge in [0.2, 0.25) is 4.91 Å². The topological polar surface area (TPSA) is 102 Å². The summed E-state index contributed by atoms with van der Waals surface area (Å²) in [7, 11) is 0. The average Bonchev–Trinajstić information content (AvgIpc) is 2.10. The second-order valence-electron chi connectivity index (χ2n) is 3.35. The molecule has 0 bridgehead atoms. The Morgan fingerprint density at radius 2 is 2.33 bits per heavy atom. The Balaban J connectivity index is 2.86. The van der Waals surface area contributed by atoms with Crippen molar-refractivity contribution in [3.8, 4) is 0 Å². The summed E-state index contributed by atoms with van der Waals surface area (Å²) in [5.74, 6) is -3.17. The zero-order valence-electron chi connectivity index (χ0n) is 7.74. The molecule has 0 aromatic carbocycles. The van der Waals surface area contributed by atoms with E-state index in [4.69, 9.17) is 5.53 Å². The highest BCUT2D eigenvalue weighted by atomic mass is 19.3. The zero-order valence-corrected chi connectivity index (χ0v) is 7.74. The molecule has 0 aromatic heterocycles. The highest BCUT2D eigenvalue weighted by Crippen LogP contribution is 2.34. The van der Waals surface area contributed by atoms with Crippen LogP contribution in [0.3, 0.4) is 0 Å². The molecule has 15 heavy (non-hydrogen) atoms. The molecule has 8 heteroatoms. The first-order valence-corrected chi connectivity index (χ1v) is 4.39. The van der Waals surface area contributed by atoms with E-state index in [1.54, 1.807) is 5.32 Å². The summed E-state index contributed by atoms with van der Waals surface area (Å²) < 4.78 is 26.6. The predicted molar refractivity (Wildman–Crippen MR) is 42.2 cm³/mol. The van der Waals surface area contributed by atoms with Crippen LogP contribution in [0.2, 0.25) is 0 Å². The molecule has 0 saturated heterocycles. The van der Waals surface area contributed by atoms with Gasteiger partial charge in [-0.1, -0.05) is 0 Å². The van der Waals surface area contributed by atoms with Crippen molar-refractivity contribution in [2.75, 3.05) is 0 Å². The first kappa shape index (κ1) is 11.5. The van der Waals surface area contributed by atoms with Crippen LogP contribution in [0, 0.1) is 5.53 Å². The van der Waals surface area contributed by atoms with Gasteiger partial charge in [0, 0.05) is 6.42 Å². The van der Waals surface area contributed by atoms with Gasteiger partial charge in [-0.15, -0.1) is 0 Å². The third-order valence-electron chi connectivity index (χ3n) is 2.33. The Labute approximate surface area is 83.9 Å². The SMILES string of the molecule is N=[N+]=N[C@H]1CCCC(F)(F)[C@@H]1NC(=O)[O-]. The van der Waals surface area contributed by atoms with E-state index in [2.05, 4.69) is 10.0 Å². The fourth-order valence-corrected chi connectivity index (χ4v) is 1.68. The summed E-state index contributed by atoms with van der Waals surface area (Å²) >= 11 is 0. The Morgan fingerprint density at radius 1 is 1.67 bits per heavy atom. The molecule has 0 aliphatic heterocycles. The van der Waals surface area contributed by atoms with Crippen molar-refractivity contribution in [3.05, 3.63) is 0 Å². The van der Waals surface area contributed by atoms with Crippen LogP contribution in [0.15, 0.2) is 5.11 Å². The molecule has 2 atom stereocenters. The van der Waals surface area contributed by atoms with E-state index in [1.807, 2.05) is 0 Å². The predicted octanol–water partition coefficient (Wildman–Crippen LogP) is 0.0261. The van der Waals surface area contributed by atoms with Crippen molar-refractivity contribution in [3.63, 3.8) is 0 Å². The number of amides is 1. The van der Waals surface area contributed by atoms with Crippen LogP contribution in [-0.4, -0.2) is 24.1 Å². The molecule has 0 unspecified atom stereocenters. The van der Waals surface area contributed by atoms with Crippen LogP contribution in [0.1, 0.15) is 19.3 Å². The highest BCUT2D eigenvalue weighted by molar-refractivity contribution is 5.62. The van der Waals surface area contributed by atoms with Gasteiger partial charge in [0.15, 0.2) is 6.04 Å². The van der Waals surface area contributed by atoms with Crippen LogP contribution < -0.4 is 15.3 Å². The van der Waals surface area contributed by atoms with Crippen molar-refractivity contribution < 1.29 is 18.7 Å². The van der Waals surface area contributed by atoms with Gasteiger partial charge in [0.1, 0.15) is 22.8 Å². The molecule has 84 valence electrons. The van der Waals surface area contributed by atoms with E-state index in [-0.39, 0.29) is 12.8 Å². The molecule has 0 spiro atoms. The number of alkyl halides is 2. The first-order chi connectivity index (χ1) is 6.97. The minimum absolute atomic E-state index is 0.224. The molecular weight excluding hydrogens is 210 g/mol. The van der Waals surface area contributed by atoms with E-state index >= 15 is 0 Å². The quantitative estimate of drug-likeness (QED) is 0.506. The summed E-state index contributed by atoms with van der Waals surface area (Å²) in [6.45, 7) is 0. The Hall–Kier alpha value is -1.56. The van der Waals surface area contributed by atoms with Gasteiger partial charge in [-0.3, -0.25) is 0 Å². The molecule has 0 heterocycles. The maximum Gasteiger partial charge on any atom is 0.270 e. The minimum atomic E-state index is -3.17. The summed E-state index contributed by atoms with van der Waals surface area (Å²) in [4.78, 5) is 12.9. The summed E-state index contributed by atoms with van der Waals surface area (Å²) in [6, 6.07) is -2.64. The lowest BCUT2D eigenvalue weighted by molar-refractivity contribution is -0.254. The van der Waals surface area contributed by atoms with Crippen molar-refractivity contribution in [1.29, 1.82) is 5.53 Å². The Bertz CT molecular complexity index is 303. The Kier molecular flexibility index (Phi) is 3.31. The largest absolute Gasteiger partial charge is 0.530 e. The van der Waals surface area contributed by atoms with Gasteiger partial charge in [-0.25, -0.2) is 8.78 Å². The molecule has 1 aliphatic rings. The third-order valence-corrected chi connectivity index (χ3v) is 2.33. The summed E-state index contributed by atoms with van der Waals surface area (Å²) in [6.07, 6.45) is -1.67. The van der Waals surface area contributed by atoms with Gasteiger partial charge in [-0.2, -0.15) is 0 Å². The van der Waals surface area contributed by atoms with Crippen LogP contribution >= 0.6 is 0 Å². The van der Waals surface area contributed by atoms with E-state index < -0.39 is 30.5 Å². The fourth-order valence-electron chi connectivity index (χ4n) is 1.68. The lowest BCUT2D eigenvalue weighted by Crippen LogP contribution is -2.58. The molecule has 1 saturated carbocycles. The van der Waals surface area contributed by atoms with Crippen LogP contribution in [0.5, 0.6) is 0 Å². The number of carbonyl (C=O) groups is 1. The number of nitrogens with zero attached hydrogens (tertiary/aromatic N) is 2. The Morgan fingerprint density at radius 3 is 2.87 bits per heavy atom. The molecule has 6 nitrogen and oxygen atoms in total. The maximum absolute atomic E-state index is 13.3. The molecule has 1 aliphatic carbocycles. The summed E-state index contributed by atoms with van der Waals surface area (Å²) in [5.41, 5.74) is 6.46. The number of halogens is 2. The maximum atomic E-state index is 13.3. The van der Waals surface area contributed by atoms with Crippen LogP contribution in [0.25, 0.3) is 0 Å². The summed E-state index contributed by atoms with van der Waals surface area (Å²) in [5, 5.41) is 15.1. The minimum Gasteiger partial charge on any atom is -0.530 e. The van der Waals surface area contributed by atoms with Crippen molar-refractivity contribution in [2.24, 2.45) is 5.11 Å². The smallest absolute Gasteiger partial charge is 0.270 e. The number of carboxylic acid groups (broad SMARTS) is 1. The number of nitrogens with one attached hydrogen (secondary N) is 2. The van der Waals surface area contributed by atoms with Gasteiger partial charge in [-0.05, 0) is 12.8 Å². The lowest BCUT2D eigenvalue weighted by atomic mass is 9.87. The van der Waals surface area contributed by atoms with Crippen LogP contribution in [-0.2, 0) is 0 Å². The van der Waals surface area contributed by atoms with Crippen molar-refractivity contribution in [1.82, 2.24) is 10.2 Å². The van der Waals surface area contributed by atoms with Gasteiger partial charge in [0.05, 0.1) is 0 Å². The molecule has 0 radical (unpaired) electrons.